The minimum atomic E-state index is -0.552. The van der Waals surface area contributed by atoms with E-state index in [0.717, 1.165) is 0 Å². The molecule has 1 N–H and O–H groups in total. The molecule has 1 aromatic heterocycles. The summed E-state index contributed by atoms with van der Waals surface area (Å²) in [5.74, 6) is 0.537. The van der Waals surface area contributed by atoms with Gasteiger partial charge in [-0.15, -0.1) is 10.2 Å². The molecule has 1 heterocycles. The lowest BCUT2D eigenvalue weighted by Gasteiger charge is -2.06. The molecular formula is C7H14N4O2. The summed E-state index contributed by atoms with van der Waals surface area (Å²) in [4.78, 5) is 1.36. The molecule has 0 aliphatic carbocycles. The number of aryl methyl sites for hydroxylation is 1. The molecule has 1 rings (SSSR count). The van der Waals surface area contributed by atoms with Crippen LogP contribution in [-0.2, 0) is 18.2 Å². The van der Waals surface area contributed by atoms with Crippen LogP contribution in [0.3, 0.4) is 0 Å². The molecule has 0 aromatic carbocycles. The predicted molar refractivity (Wildman–Crippen MR) is 45.0 cm³/mol. The first-order valence-corrected chi connectivity index (χ1v) is 4.21. The zero-order valence-corrected chi connectivity index (χ0v) is 7.84. The molecule has 13 heavy (non-hydrogen) atoms. The number of aromatic nitrogens is 4. The molecule has 0 amide bonds. The van der Waals surface area contributed by atoms with Crippen LogP contribution in [0.1, 0.15) is 12.7 Å². The van der Waals surface area contributed by atoms with Gasteiger partial charge in [-0.25, -0.2) is 0 Å². The highest BCUT2D eigenvalue weighted by atomic mass is 16.5. The van der Waals surface area contributed by atoms with E-state index >= 15 is 0 Å². The van der Waals surface area contributed by atoms with Crippen LogP contribution in [0.4, 0.5) is 0 Å². The van der Waals surface area contributed by atoms with E-state index < -0.39 is 6.10 Å². The second-order valence-electron chi connectivity index (χ2n) is 2.71. The highest BCUT2D eigenvalue weighted by Crippen LogP contribution is 1.95. The van der Waals surface area contributed by atoms with E-state index in [1.54, 1.807) is 7.05 Å². The van der Waals surface area contributed by atoms with Crippen LogP contribution >= 0.6 is 0 Å². The molecule has 0 radical (unpaired) electrons. The minimum absolute atomic E-state index is 0.314. The Balaban J connectivity index is 2.31. The summed E-state index contributed by atoms with van der Waals surface area (Å²) in [6.07, 6.45) is -0.169. The van der Waals surface area contributed by atoms with Crippen molar-refractivity contribution in [3.05, 3.63) is 5.82 Å². The number of hydrogen-bond donors (Lipinski definition) is 1. The van der Waals surface area contributed by atoms with Gasteiger partial charge in [0.15, 0.2) is 5.82 Å². The third-order valence-corrected chi connectivity index (χ3v) is 1.48. The molecule has 1 unspecified atom stereocenters. The maximum absolute atomic E-state index is 9.40. The topological polar surface area (TPSA) is 73.1 Å². The molecule has 0 saturated carbocycles. The van der Waals surface area contributed by atoms with Crippen molar-refractivity contribution in [3.8, 4) is 0 Å². The monoisotopic (exact) mass is 186 g/mol. The summed E-state index contributed by atoms with van der Waals surface area (Å²) >= 11 is 0. The van der Waals surface area contributed by atoms with Crippen molar-refractivity contribution < 1.29 is 9.84 Å². The molecule has 0 fully saturated rings. The Morgan fingerprint density at radius 1 is 1.62 bits per heavy atom. The smallest absolute Gasteiger partial charge is 0.177 e. The fourth-order valence-electron chi connectivity index (χ4n) is 0.929. The number of aliphatic hydroxyl groups is 1. The number of hydrogen-bond acceptors (Lipinski definition) is 5. The summed E-state index contributed by atoms with van der Waals surface area (Å²) in [5.41, 5.74) is 0. The Bertz CT molecular complexity index is 250. The van der Waals surface area contributed by atoms with Gasteiger partial charge in [0.1, 0.15) is 0 Å². The van der Waals surface area contributed by atoms with Crippen LogP contribution in [0.2, 0.25) is 0 Å². The third-order valence-electron chi connectivity index (χ3n) is 1.48. The zero-order chi connectivity index (χ0) is 9.68. The van der Waals surface area contributed by atoms with Gasteiger partial charge in [0.25, 0.3) is 0 Å². The first kappa shape index (κ1) is 10.1. The maximum Gasteiger partial charge on any atom is 0.177 e. The summed E-state index contributed by atoms with van der Waals surface area (Å²) < 4.78 is 5.04. The van der Waals surface area contributed by atoms with Gasteiger partial charge in [-0.2, -0.15) is 4.80 Å². The van der Waals surface area contributed by atoms with Crippen LogP contribution in [0, 0.1) is 0 Å². The quantitative estimate of drug-likeness (QED) is 0.648. The van der Waals surface area contributed by atoms with Gasteiger partial charge in [-0.3, -0.25) is 0 Å². The van der Waals surface area contributed by atoms with Crippen molar-refractivity contribution in [1.29, 1.82) is 0 Å². The van der Waals surface area contributed by atoms with E-state index in [1.807, 2.05) is 6.92 Å². The third kappa shape index (κ3) is 3.47. The molecule has 1 atom stereocenters. The molecule has 0 aliphatic heterocycles. The SMILES string of the molecule is CCOCC(O)Cc1nnn(C)n1. The van der Waals surface area contributed by atoms with Gasteiger partial charge >= 0.3 is 0 Å². The van der Waals surface area contributed by atoms with Crippen molar-refractivity contribution in [1.82, 2.24) is 20.2 Å². The van der Waals surface area contributed by atoms with Crippen LogP contribution in [0.5, 0.6) is 0 Å². The first-order valence-electron chi connectivity index (χ1n) is 4.21. The molecule has 6 heteroatoms. The lowest BCUT2D eigenvalue weighted by molar-refractivity contribution is 0.0419. The molecule has 0 aliphatic rings. The van der Waals surface area contributed by atoms with Gasteiger partial charge < -0.3 is 9.84 Å². The van der Waals surface area contributed by atoms with E-state index in [0.29, 0.717) is 25.5 Å². The van der Waals surface area contributed by atoms with Gasteiger partial charge in [-0.1, -0.05) is 0 Å². The second kappa shape index (κ2) is 4.88. The van der Waals surface area contributed by atoms with E-state index in [1.165, 1.54) is 4.80 Å². The predicted octanol–water partition coefficient (Wildman–Crippen LogP) is -0.850. The summed E-state index contributed by atoms with van der Waals surface area (Å²) in [6.45, 7) is 2.80. The largest absolute Gasteiger partial charge is 0.390 e. The average molecular weight is 186 g/mol. The maximum atomic E-state index is 9.40. The summed E-state index contributed by atoms with van der Waals surface area (Å²) in [6, 6.07) is 0. The Kier molecular flexibility index (Phi) is 3.78. The van der Waals surface area contributed by atoms with Crippen molar-refractivity contribution in [2.24, 2.45) is 7.05 Å². The van der Waals surface area contributed by atoms with Crippen molar-refractivity contribution >= 4 is 0 Å². The number of nitrogens with zero attached hydrogens (tertiary/aromatic N) is 4. The van der Waals surface area contributed by atoms with Gasteiger partial charge in [0.05, 0.1) is 19.8 Å². The van der Waals surface area contributed by atoms with E-state index in [2.05, 4.69) is 15.4 Å². The fraction of sp³-hybridized carbons (Fsp3) is 0.857. The zero-order valence-electron chi connectivity index (χ0n) is 7.84. The fourth-order valence-corrected chi connectivity index (χ4v) is 0.929. The number of ether oxygens (including phenoxy) is 1. The highest BCUT2D eigenvalue weighted by molar-refractivity contribution is 4.80. The van der Waals surface area contributed by atoms with E-state index in [-0.39, 0.29) is 0 Å². The molecule has 0 spiro atoms. The summed E-state index contributed by atoms with van der Waals surface area (Å²) in [5, 5.41) is 20.7. The van der Waals surface area contributed by atoms with Crippen molar-refractivity contribution in [2.45, 2.75) is 19.4 Å². The van der Waals surface area contributed by atoms with Crippen molar-refractivity contribution in [3.63, 3.8) is 0 Å². The van der Waals surface area contributed by atoms with Gasteiger partial charge in [0.2, 0.25) is 0 Å². The van der Waals surface area contributed by atoms with Crippen molar-refractivity contribution in [2.75, 3.05) is 13.2 Å². The Morgan fingerprint density at radius 2 is 2.38 bits per heavy atom. The Morgan fingerprint density at radius 3 is 2.92 bits per heavy atom. The van der Waals surface area contributed by atoms with Gasteiger partial charge in [0, 0.05) is 13.0 Å². The first-order chi connectivity index (χ1) is 6.22. The van der Waals surface area contributed by atoms with E-state index in [4.69, 9.17) is 4.74 Å². The van der Waals surface area contributed by atoms with Crippen LogP contribution in [0.15, 0.2) is 0 Å². The molecule has 0 saturated heterocycles. The number of tetrazole rings is 1. The average Bonchev–Trinajstić information content (AvgIpc) is 2.48. The standard InChI is InChI=1S/C7H14N4O2/c1-3-13-5-6(12)4-7-8-10-11(2)9-7/h6,12H,3-5H2,1-2H3. The highest BCUT2D eigenvalue weighted by Gasteiger charge is 2.09. The summed E-state index contributed by atoms with van der Waals surface area (Å²) in [7, 11) is 1.69. The molecule has 6 nitrogen and oxygen atoms in total. The normalized spacial score (nSPS) is 13.2. The minimum Gasteiger partial charge on any atom is -0.390 e. The number of aliphatic hydroxyl groups excluding tert-OH is 1. The van der Waals surface area contributed by atoms with Gasteiger partial charge in [-0.05, 0) is 12.1 Å². The Hall–Kier alpha value is -1.01. The van der Waals surface area contributed by atoms with E-state index in [9.17, 15) is 5.11 Å². The lowest BCUT2D eigenvalue weighted by Crippen LogP contribution is -2.18. The van der Waals surface area contributed by atoms with Crippen LogP contribution < -0.4 is 0 Å². The molecule has 74 valence electrons. The molecule has 0 bridgehead atoms. The van der Waals surface area contributed by atoms with Crippen LogP contribution in [0.25, 0.3) is 0 Å². The van der Waals surface area contributed by atoms with Crippen LogP contribution in [-0.4, -0.2) is 44.6 Å². The Labute approximate surface area is 76.5 Å². The molecule has 1 aromatic rings. The number of rotatable bonds is 5. The second-order valence-corrected chi connectivity index (χ2v) is 2.71. The molecular weight excluding hydrogens is 172 g/mol. The lowest BCUT2D eigenvalue weighted by atomic mass is 10.2.